The number of unbranched alkanes of at least 4 members (excludes halogenated alkanes) is 1. The number of rotatable bonds is 19. The molecule has 0 aliphatic heterocycles. The van der Waals surface area contributed by atoms with Gasteiger partial charge in [0.25, 0.3) is 0 Å². The van der Waals surface area contributed by atoms with Gasteiger partial charge in [0.1, 0.15) is 12.4 Å². The van der Waals surface area contributed by atoms with Crippen molar-refractivity contribution < 1.29 is 33.6 Å². The number of hydrogen-bond acceptors (Lipinski definition) is 6. The van der Waals surface area contributed by atoms with E-state index in [0.29, 0.717) is 68.5 Å². The predicted octanol–water partition coefficient (Wildman–Crippen LogP) is 5.06. The fourth-order valence-corrected chi connectivity index (χ4v) is 4.28. The summed E-state index contributed by atoms with van der Waals surface area (Å²) in [4.78, 5) is 25.7. The second-order valence-corrected chi connectivity index (χ2v) is 9.60. The van der Waals surface area contributed by atoms with Crippen LogP contribution in [-0.4, -0.2) is 81.3 Å². The van der Waals surface area contributed by atoms with Crippen LogP contribution in [-0.2, 0) is 32.0 Å². The highest BCUT2D eigenvalue weighted by Gasteiger charge is 2.18. The first-order valence-corrected chi connectivity index (χ1v) is 13.7. The normalized spacial score (nSPS) is 11.7. The number of halogens is 2. The average molecular weight is 586 g/mol. The number of carboxylic acids is 1. The maximum absolute atomic E-state index is 12.7. The highest BCUT2D eigenvalue weighted by Crippen LogP contribution is 2.19. The number of amides is 2. The molecule has 0 bridgehead atoms. The summed E-state index contributed by atoms with van der Waals surface area (Å²) in [6.07, 6.45) is 0.924. The van der Waals surface area contributed by atoms with Crippen LogP contribution in [0.5, 0.6) is 5.75 Å². The molecular formula is C28H38Cl2N2O7. The van der Waals surface area contributed by atoms with E-state index in [1.807, 2.05) is 24.3 Å². The molecule has 2 rings (SSSR count). The zero-order valence-electron chi connectivity index (χ0n) is 22.5. The molecule has 0 radical (unpaired) electrons. The highest BCUT2D eigenvalue weighted by atomic mass is 35.5. The summed E-state index contributed by atoms with van der Waals surface area (Å²) in [6, 6.07) is 12.3. The molecule has 9 nitrogen and oxygen atoms in total. The number of methoxy groups -OCH3 is 1. The van der Waals surface area contributed by atoms with Gasteiger partial charge in [-0.25, -0.2) is 9.59 Å². The molecule has 1 atom stereocenters. The Hall–Kier alpha value is -2.56. The summed E-state index contributed by atoms with van der Waals surface area (Å²) in [7, 11) is 1.58. The first kappa shape index (κ1) is 32.7. The second kappa shape index (κ2) is 18.7. The predicted molar refractivity (Wildman–Crippen MR) is 151 cm³/mol. The Bertz CT molecular complexity index is 988. The third kappa shape index (κ3) is 13.4. The summed E-state index contributed by atoms with van der Waals surface area (Å²) >= 11 is 12.0. The van der Waals surface area contributed by atoms with Crippen LogP contribution in [0.25, 0.3) is 0 Å². The van der Waals surface area contributed by atoms with E-state index >= 15 is 0 Å². The lowest BCUT2D eigenvalue weighted by Gasteiger charge is -2.23. The number of nitrogens with one attached hydrogen (secondary N) is 1. The lowest BCUT2D eigenvalue weighted by Crippen LogP contribution is -2.43. The zero-order valence-corrected chi connectivity index (χ0v) is 24.0. The van der Waals surface area contributed by atoms with Crippen LogP contribution in [0.2, 0.25) is 10.0 Å². The van der Waals surface area contributed by atoms with Crippen molar-refractivity contribution in [2.45, 2.75) is 38.9 Å². The van der Waals surface area contributed by atoms with E-state index < -0.39 is 12.1 Å². The molecule has 2 aromatic carbocycles. The third-order valence-electron chi connectivity index (χ3n) is 5.65. The molecule has 1 unspecified atom stereocenters. The van der Waals surface area contributed by atoms with Gasteiger partial charge in [-0.3, -0.25) is 0 Å². The van der Waals surface area contributed by atoms with E-state index in [-0.39, 0.29) is 12.5 Å². The summed E-state index contributed by atoms with van der Waals surface area (Å²) in [6.45, 7) is 5.14. The molecule has 2 aromatic rings. The van der Waals surface area contributed by atoms with Crippen LogP contribution in [0.1, 0.15) is 30.9 Å². The van der Waals surface area contributed by atoms with E-state index in [0.717, 1.165) is 24.0 Å². The van der Waals surface area contributed by atoms with Crippen LogP contribution in [0.4, 0.5) is 4.79 Å². The first-order valence-electron chi connectivity index (χ1n) is 12.9. The summed E-state index contributed by atoms with van der Waals surface area (Å²) in [5, 5.41) is 13.3. The van der Waals surface area contributed by atoms with E-state index in [2.05, 4.69) is 5.32 Å². The SMILES string of the molecule is CCOC(Cc1ccc(OCCN(CCCCOCc2cc(Cl)cc(Cl)c2)C(=O)NCCOC)cc1)C(=O)O. The quantitative estimate of drug-likeness (QED) is 0.222. The average Bonchev–Trinajstić information content (AvgIpc) is 2.89. The van der Waals surface area contributed by atoms with Crippen molar-refractivity contribution >= 4 is 35.2 Å². The van der Waals surface area contributed by atoms with Crippen molar-refractivity contribution in [1.82, 2.24) is 10.2 Å². The molecule has 216 valence electrons. The van der Waals surface area contributed by atoms with Crippen LogP contribution >= 0.6 is 23.2 Å². The Morgan fingerprint density at radius 3 is 2.33 bits per heavy atom. The number of carboxylic acid groups (broad SMARTS) is 1. The molecule has 0 aliphatic rings. The Labute approximate surface area is 240 Å². The molecule has 2 amide bonds. The molecule has 2 N–H and O–H groups in total. The minimum Gasteiger partial charge on any atom is -0.492 e. The maximum atomic E-state index is 12.7. The fraction of sp³-hybridized carbons (Fsp3) is 0.500. The molecule has 0 aromatic heterocycles. The van der Waals surface area contributed by atoms with E-state index in [1.165, 1.54) is 0 Å². The molecule has 0 heterocycles. The van der Waals surface area contributed by atoms with Crippen LogP contribution in [0.15, 0.2) is 42.5 Å². The van der Waals surface area contributed by atoms with Gasteiger partial charge >= 0.3 is 12.0 Å². The Morgan fingerprint density at radius 2 is 1.69 bits per heavy atom. The number of hydrogen-bond donors (Lipinski definition) is 2. The largest absolute Gasteiger partial charge is 0.492 e. The van der Waals surface area contributed by atoms with Gasteiger partial charge in [0, 0.05) is 49.9 Å². The van der Waals surface area contributed by atoms with Gasteiger partial charge in [0.05, 0.1) is 19.8 Å². The van der Waals surface area contributed by atoms with Gasteiger partial charge < -0.3 is 34.3 Å². The lowest BCUT2D eigenvalue weighted by molar-refractivity contribution is -0.149. The van der Waals surface area contributed by atoms with Gasteiger partial charge in [0.15, 0.2) is 6.10 Å². The molecule has 39 heavy (non-hydrogen) atoms. The number of aliphatic carboxylic acids is 1. The Morgan fingerprint density at radius 1 is 0.974 bits per heavy atom. The smallest absolute Gasteiger partial charge is 0.333 e. The van der Waals surface area contributed by atoms with Crippen LogP contribution in [0, 0.1) is 0 Å². The number of carbonyl (C=O) groups excluding carboxylic acids is 1. The molecule has 0 saturated carbocycles. The van der Waals surface area contributed by atoms with Crippen LogP contribution < -0.4 is 10.1 Å². The zero-order chi connectivity index (χ0) is 28.5. The number of benzene rings is 2. The Kier molecular flexibility index (Phi) is 15.6. The number of urea groups is 1. The Balaban J connectivity index is 1.78. The monoisotopic (exact) mass is 584 g/mol. The van der Waals surface area contributed by atoms with Crippen molar-refractivity contribution in [1.29, 1.82) is 0 Å². The van der Waals surface area contributed by atoms with Gasteiger partial charge in [-0.1, -0.05) is 35.3 Å². The van der Waals surface area contributed by atoms with E-state index in [4.69, 9.17) is 42.1 Å². The lowest BCUT2D eigenvalue weighted by atomic mass is 10.1. The molecule has 0 aliphatic carbocycles. The third-order valence-corrected chi connectivity index (χ3v) is 6.08. The van der Waals surface area contributed by atoms with Crippen molar-refractivity contribution in [3.63, 3.8) is 0 Å². The topological polar surface area (TPSA) is 107 Å². The number of ether oxygens (including phenoxy) is 4. The van der Waals surface area contributed by atoms with Crippen molar-refractivity contribution in [3.8, 4) is 5.75 Å². The van der Waals surface area contributed by atoms with Crippen molar-refractivity contribution in [2.24, 2.45) is 0 Å². The standard InChI is InChI=1S/C28H38Cl2N2O7/c1-3-38-26(27(33)34)18-21-6-8-25(9-7-21)39-15-12-32(28(35)31-10-14-36-2)11-4-5-13-37-20-22-16-23(29)19-24(30)17-22/h6-9,16-17,19,26H,3-5,10-15,18,20H2,1-2H3,(H,31,35)(H,33,34). The molecule has 0 fully saturated rings. The maximum Gasteiger partial charge on any atom is 0.333 e. The van der Waals surface area contributed by atoms with Gasteiger partial charge in [-0.2, -0.15) is 0 Å². The second-order valence-electron chi connectivity index (χ2n) is 8.73. The molecule has 11 heteroatoms. The van der Waals surface area contributed by atoms with Gasteiger partial charge in [0.2, 0.25) is 0 Å². The first-order chi connectivity index (χ1) is 18.8. The van der Waals surface area contributed by atoms with E-state index in [9.17, 15) is 14.7 Å². The van der Waals surface area contributed by atoms with E-state index in [1.54, 1.807) is 37.1 Å². The number of nitrogens with zero attached hydrogens (tertiary/aromatic N) is 1. The molecular weight excluding hydrogens is 547 g/mol. The van der Waals surface area contributed by atoms with Gasteiger partial charge in [-0.15, -0.1) is 0 Å². The van der Waals surface area contributed by atoms with Crippen molar-refractivity contribution in [2.75, 3.05) is 53.2 Å². The minimum atomic E-state index is -0.987. The number of carbonyl (C=O) groups is 2. The van der Waals surface area contributed by atoms with Crippen LogP contribution in [0.3, 0.4) is 0 Å². The summed E-state index contributed by atoms with van der Waals surface area (Å²) in [5.74, 6) is -0.352. The van der Waals surface area contributed by atoms with Gasteiger partial charge in [-0.05, 0) is 61.2 Å². The molecule has 0 spiro atoms. The minimum absolute atomic E-state index is 0.184. The summed E-state index contributed by atoms with van der Waals surface area (Å²) < 4.78 is 21.9. The highest BCUT2D eigenvalue weighted by molar-refractivity contribution is 6.34. The summed E-state index contributed by atoms with van der Waals surface area (Å²) in [5.41, 5.74) is 1.75. The fourth-order valence-electron chi connectivity index (χ4n) is 3.71. The molecule has 0 saturated heterocycles. The van der Waals surface area contributed by atoms with Crippen molar-refractivity contribution in [3.05, 3.63) is 63.6 Å².